The molecular weight excluding hydrogens is 290 g/mol. The molecule has 0 amide bonds. The smallest absolute Gasteiger partial charge is 0.165 e. The van der Waals surface area contributed by atoms with E-state index in [2.05, 4.69) is 9.97 Å². The zero-order valence-electron chi connectivity index (χ0n) is 10.4. The van der Waals surface area contributed by atoms with E-state index < -0.39 is 5.82 Å². The molecule has 0 aliphatic carbocycles. The van der Waals surface area contributed by atoms with E-state index >= 15 is 0 Å². The minimum atomic E-state index is -0.490. The highest BCUT2D eigenvalue weighted by molar-refractivity contribution is 6.34. The van der Waals surface area contributed by atoms with Crippen molar-refractivity contribution in [3.8, 4) is 17.1 Å². The number of hydrogen-bond acceptors (Lipinski definition) is 3. The number of halogens is 3. The normalized spacial score (nSPS) is 10.6. The van der Waals surface area contributed by atoms with Crippen LogP contribution in [0.25, 0.3) is 11.4 Å². The van der Waals surface area contributed by atoms with Gasteiger partial charge in [-0.25, -0.2) is 14.4 Å². The van der Waals surface area contributed by atoms with Crippen molar-refractivity contribution in [1.29, 1.82) is 0 Å². The Morgan fingerprint density at radius 3 is 2.32 bits per heavy atom. The van der Waals surface area contributed by atoms with Gasteiger partial charge in [0.05, 0.1) is 7.11 Å². The van der Waals surface area contributed by atoms with Crippen LogP contribution in [0.2, 0.25) is 10.3 Å². The van der Waals surface area contributed by atoms with Crippen LogP contribution in [0.15, 0.2) is 18.2 Å². The van der Waals surface area contributed by atoms with Crippen LogP contribution < -0.4 is 4.74 Å². The van der Waals surface area contributed by atoms with Gasteiger partial charge >= 0.3 is 0 Å². The van der Waals surface area contributed by atoms with Gasteiger partial charge in [0.25, 0.3) is 0 Å². The highest BCUT2D eigenvalue weighted by Gasteiger charge is 2.13. The van der Waals surface area contributed by atoms with Crippen molar-refractivity contribution in [1.82, 2.24) is 9.97 Å². The zero-order valence-corrected chi connectivity index (χ0v) is 11.9. The average molecular weight is 301 g/mol. The number of benzene rings is 1. The molecule has 1 aromatic carbocycles. The number of ether oxygens (including phenoxy) is 1. The molecule has 0 radical (unpaired) electrons. The first-order valence-electron chi connectivity index (χ1n) is 5.62. The topological polar surface area (TPSA) is 35.0 Å². The Kier molecular flexibility index (Phi) is 4.22. The second-order valence-corrected chi connectivity index (χ2v) is 4.53. The lowest BCUT2D eigenvalue weighted by Crippen LogP contribution is -1.97. The molecule has 0 aliphatic heterocycles. The third-order valence-electron chi connectivity index (χ3n) is 2.67. The van der Waals surface area contributed by atoms with Crippen LogP contribution in [0.1, 0.15) is 12.5 Å². The van der Waals surface area contributed by atoms with E-state index in [0.29, 0.717) is 17.5 Å². The van der Waals surface area contributed by atoms with E-state index in [1.807, 2.05) is 6.92 Å². The SMILES string of the molecule is CCc1c(Cl)nc(-c2ccc(OC)c(F)c2)nc1Cl. The Balaban J connectivity index is 2.50. The van der Waals surface area contributed by atoms with Crippen molar-refractivity contribution < 1.29 is 9.13 Å². The number of hydrogen-bond donors (Lipinski definition) is 0. The molecule has 2 rings (SSSR count). The number of methoxy groups -OCH3 is 1. The summed E-state index contributed by atoms with van der Waals surface area (Å²) in [5, 5.41) is 0.572. The fraction of sp³-hybridized carbons (Fsp3) is 0.231. The summed E-state index contributed by atoms with van der Waals surface area (Å²) < 4.78 is 18.5. The van der Waals surface area contributed by atoms with Crippen LogP contribution in [0.3, 0.4) is 0 Å². The molecule has 6 heteroatoms. The molecular formula is C13H11Cl2FN2O. The van der Waals surface area contributed by atoms with Gasteiger partial charge in [0.2, 0.25) is 0 Å². The molecule has 0 atom stereocenters. The van der Waals surface area contributed by atoms with Gasteiger partial charge in [-0.15, -0.1) is 0 Å². The van der Waals surface area contributed by atoms with Crippen molar-refractivity contribution >= 4 is 23.2 Å². The van der Waals surface area contributed by atoms with Gasteiger partial charge < -0.3 is 4.74 Å². The Morgan fingerprint density at radius 1 is 1.21 bits per heavy atom. The first-order chi connectivity index (χ1) is 9.06. The summed E-state index contributed by atoms with van der Waals surface area (Å²) in [7, 11) is 1.40. The molecule has 0 bridgehead atoms. The summed E-state index contributed by atoms with van der Waals surface area (Å²) in [5.74, 6) is -0.0460. The van der Waals surface area contributed by atoms with Crippen molar-refractivity contribution in [3.05, 3.63) is 39.9 Å². The number of rotatable bonds is 3. The molecule has 0 spiro atoms. The largest absolute Gasteiger partial charge is 0.494 e. The Morgan fingerprint density at radius 2 is 1.84 bits per heavy atom. The maximum atomic E-state index is 13.6. The lowest BCUT2D eigenvalue weighted by Gasteiger charge is -2.08. The van der Waals surface area contributed by atoms with Crippen LogP contribution in [0, 0.1) is 5.82 Å². The van der Waals surface area contributed by atoms with Gasteiger partial charge in [0, 0.05) is 11.1 Å². The summed E-state index contributed by atoms with van der Waals surface area (Å²) in [4.78, 5) is 8.27. The monoisotopic (exact) mass is 300 g/mol. The quantitative estimate of drug-likeness (QED) is 0.798. The summed E-state index contributed by atoms with van der Waals surface area (Å²) in [6, 6.07) is 4.44. The highest BCUT2D eigenvalue weighted by Crippen LogP contribution is 2.28. The van der Waals surface area contributed by atoms with Crippen LogP contribution >= 0.6 is 23.2 Å². The summed E-state index contributed by atoms with van der Waals surface area (Å²) >= 11 is 12.1. The third kappa shape index (κ3) is 2.80. The van der Waals surface area contributed by atoms with Crippen LogP contribution in [-0.4, -0.2) is 17.1 Å². The molecule has 100 valence electrons. The lowest BCUT2D eigenvalue weighted by atomic mass is 10.2. The summed E-state index contributed by atoms with van der Waals surface area (Å²) in [5.41, 5.74) is 1.17. The lowest BCUT2D eigenvalue weighted by molar-refractivity contribution is 0.386. The predicted molar refractivity (Wildman–Crippen MR) is 73.4 cm³/mol. The molecule has 0 aliphatic rings. The molecule has 1 aromatic heterocycles. The summed E-state index contributed by atoms with van der Waals surface area (Å²) in [6.45, 7) is 1.91. The van der Waals surface area contributed by atoms with E-state index in [9.17, 15) is 4.39 Å². The van der Waals surface area contributed by atoms with E-state index in [0.717, 1.165) is 0 Å². The van der Waals surface area contributed by atoms with E-state index in [-0.39, 0.29) is 21.9 Å². The molecule has 0 fully saturated rings. The molecule has 1 heterocycles. The van der Waals surface area contributed by atoms with E-state index in [1.165, 1.54) is 19.2 Å². The van der Waals surface area contributed by atoms with Crippen LogP contribution in [-0.2, 0) is 6.42 Å². The number of aromatic nitrogens is 2. The Bertz CT molecular complexity index is 597. The van der Waals surface area contributed by atoms with Gasteiger partial charge in [0.1, 0.15) is 10.3 Å². The molecule has 0 unspecified atom stereocenters. The first kappa shape index (κ1) is 14.0. The second kappa shape index (κ2) is 5.72. The maximum absolute atomic E-state index is 13.6. The third-order valence-corrected chi connectivity index (χ3v) is 3.29. The van der Waals surface area contributed by atoms with Gasteiger partial charge in [-0.3, -0.25) is 0 Å². The average Bonchev–Trinajstić information content (AvgIpc) is 2.38. The van der Waals surface area contributed by atoms with Gasteiger partial charge in [-0.1, -0.05) is 30.1 Å². The van der Waals surface area contributed by atoms with E-state index in [4.69, 9.17) is 27.9 Å². The van der Waals surface area contributed by atoms with Crippen molar-refractivity contribution in [3.63, 3.8) is 0 Å². The van der Waals surface area contributed by atoms with Crippen molar-refractivity contribution in [2.24, 2.45) is 0 Å². The number of nitrogens with zero attached hydrogens (tertiary/aromatic N) is 2. The minimum absolute atomic E-state index is 0.158. The van der Waals surface area contributed by atoms with Crippen molar-refractivity contribution in [2.45, 2.75) is 13.3 Å². The van der Waals surface area contributed by atoms with Gasteiger partial charge in [-0.2, -0.15) is 0 Å². The minimum Gasteiger partial charge on any atom is -0.494 e. The van der Waals surface area contributed by atoms with Gasteiger partial charge in [-0.05, 0) is 24.6 Å². The fourth-order valence-electron chi connectivity index (χ4n) is 1.66. The molecule has 19 heavy (non-hydrogen) atoms. The second-order valence-electron chi connectivity index (χ2n) is 3.81. The molecule has 0 saturated heterocycles. The zero-order chi connectivity index (χ0) is 14.0. The van der Waals surface area contributed by atoms with Crippen LogP contribution in [0.5, 0.6) is 5.75 Å². The first-order valence-corrected chi connectivity index (χ1v) is 6.38. The highest BCUT2D eigenvalue weighted by atomic mass is 35.5. The fourth-order valence-corrected chi connectivity index (χ4v) is 2.31. The van der Waals surface area contributed by atoms with Crippen molar-refractivity contribution in [2.75, 3.05) is 7.11 Å². The van der Waals surface area contributed by atoms with Crippen LogP contribution in [0.4, 0.5) is 4.39 Å². The Labute approximate surface area is 120 Å². The molecule has 0 saturated carbocycles. The predicted octanol–water partition coefficient (Wildman–Crippen LogP) is 4.16. The van der Waals surface area contributed by atoms with Gasteiger partial charge in [0.15, 0.2) is 17.4 Å². The molecule has 2 aromatic rings. The maximum Gasteiger partial charge on any atom is 0.165 e. The van der Waals surface area contributed by atoms with E-state index in [1.54, 1.807) is 6.07 Å². The summed E-state index contributed by atoms with van der Waals surface area (Å²) in [6.07, 6.45) is 0.634. The molecule has 0 N–H and O–H groups in total. The standard InChI is InChI=1S/C13H11Cl2FN2O/c1-3-8-11(14)17-13(18-12(8)15)7-4-5-10(19-2)9(16)6-7/h4-6H,3H2,1-2H3. The Hall–Kier alpha value is -1.39. The molecule has 3 nitrogen and oxygen atoms in total.